The Bertz CT molecular complexity index is 844. The van der Waals surface area contributed by atoms with Crippen molar-refractivity contribution in [3.63, 3.8) is 0 Å². The Labute approximate surface area is 143 Å². The average molecular weight is 344 g/mol. The number of allylic oxidation sites excluding steroid dienone is 1. The molecule has 0 saturated heterocycles. The second-order valence-corrected chi connectivity index (χ2v) is 6.00. The zero-order chi connectivity index (χ0) is 17.3. The molecule has 24 heavy (non-hydrogen) atoms. The number of carbonyl (C=O) groups is 2. The maximum Gasteiger partial charge on any atom is 0.329 e. The molecule has 1 aliphatic heterocycles. The lowest BCUT2D eigenvalue weighted by molar-refractivity contribution is -0.133. The van der Waals surface area contributed by atoms with Crippen LogP contribution in [-0.2, 0) is 4.79 Å². The number of hydrogen-bond acceptors (Lipinski definition) is 5. The number of halogens is 1. The summed E-state index contributed by atoms with van der Waals surface area (Å²) in [6.07, 6.45) is 3.21. The Morgan fingerprint density at radius 1 is 1.38 bits per heavy atom. The number of carbonyl (C=O) groups excluding carboxylic acids is 2. The van der Waals surface area contributed by atoms with E-state index in [0.717, 1.165) is 0 Å². The van der Waals surface area contributed by atoms with E-state index in [4.69, 9.17) is 21.1 Å². The fourth-order valence-corrected chi connectivity index (χ4v) is 2.37. The summed E-state index contributed by atoms with van der Waals surface area (Å²) in [4.78, 5) is 28.3. The second-order valence-electron chi connectivity index (χ2n) is 5.34. The van der Waals surface area contributed by atoms with Gasteiger partial charge in [-0.15, -0.1) is 11.6 Å². The molecule has 1 unspecified atom stereocenters. The number of nitrogens with zero attached hydrogens (tertiary/aromatic N) is 1. The third-order valence-electron chi connectivity index (χ3n) is 3.45. The summed E-state index contributed by atoms with van der Waals surface area (Å²) in [5.41, 5.74) is 1.73. The summed E-state index contributed by atoms with van der Waals surface area (Å²) in [6, 6.07) is 8.50. The fraction of sp³-hybridized carbons (Fsp3) is 0.167. The van der Waals surface area contributed by atoms with Crippen LogP contribution in [0.2, 0.25) is 0 Å². The van der Waals surface area contributed by atoms with E-state index in [1.165, 1.54) is 13.0 Å². The number of ketones is 1. The lowest BCUT2D eigenvalue weighted by Crippen LogP contribution is -2.17. The van der Waals surface area contributed by atoms with Crippen molar-refractivity contribution in [3.8, 4) is 11.5 Å². The molecule has 122 valence electrons. The first-order valence-corrected chi connectivity index (χ1v) is 7.75. The third kappa shape index (κ3) is 3.16. The molecule has 0 spiro atoms. The zero-order valence-corrected chi connectivity index (χ0v) is 13.8. The summed E-state index contributed by atoms with van der Waals surface area (Å²) in [7, 11) is 0. The van der Waals surface area contributed by atoms with Crippen molar-refractivity contribution in [1.29, 1.82) is 0 Å². The topological polar surface area (TPSA) is 65.5 Å². The summed E-state index contributed by atoms with van der Waals surface area (Å²) in [5, 5.41) is -0.763. The van der Waals surface area contributed by atoms with Gasteiger partial charge >= 0.3 is 5.97 Å². The first-order valence-electron chi connectivity index (χ1n) is 7.31. The Balaban J connectivity index is 1.92. The van der Waals surface area contributed by atoms with E-state index in [-0.39, 0.29) is 17.3 Å². The molecule has 0 amide bonds. The number of aromatic nitrogens is 1. The first-order chi connectivity index (χ1) is 11.5. The highest BCUT2D eigenvalue weighted by Crippen LogP contribution is 2.37. The van der Waals surface area contributed by atoms with Gasteiger partial charge in [0.05, 0.1) is 11.3 Å². The fourth-order valence-electron chi connectivity index (χ4n) is 2.33. The van der Waals surface area contributed by atoms with Crippen molar-refractivity contribution in [2.24, 2.45) is 0 Å². The molecule has 0 radical (unpaired) electrons. The molecule has 0 aliphatic carbocycles. The Hall–Kier alpha value is -2.66. The molecule has 6 heteroatoms. The maximum absolute atomic E-state index is 12.5. The summed E-state index contributed by atoms with van der Waals surface area (Å²) in [5.74, 6) is 0.0326. The van der Waals surface area contributed by atoms with Crippen molar-refractivity contribution in [1.82, 2.24) is 4.98 Å². The molecule has 3 rings (SSSR count). The van der Waals surface area contributed by atoms with Gasteiger partial charge in [0.15, 0.2) is 5.76 Å². The van der Waals surface area contributed by atoms with Crippen LogP contribution in [0.25, 0.3) is 6.08 Å². The molecular formula is C18H14ClNO4. The van der Waals surface area contributed by atoms with Crippen molar-refractivity contribution < 1.29 is 19.1 Å². The number of fused-ring (bicyclic) bond motifs is 1. The number of esters is 1. The number of aryl methyl sites for hydroxylation is 1. The molecule has 2 aromatic rings. The van der Waals surface area contributed by atoms with Crippen LogP contribution in [0.15, 0.2) is 42.3 Å². The number of benzene rings is 1. The molecule has 2 heterocycles. The van der Waals surface area contributed by atoms with Gasteiger partial charge in [0.25, 0.3) is 0 Å². The molecule has 1 aromatic carbocycles. The van der Waals surface area contributed by atoms with E-state index in [1.54, 1.807) is 37.4 Å². The highest BCUT2D eigenvalue weighted by atomic mass is 35.5. The summed E-state index contributed by atoms with van der Waals surface area (Å²) in [6.45, 7) is 3.28. The molecule has 1 aliphatic rings. The molecule has 5 nitrogen and oxygen atoms in total. The Kier molecular flexibility index (Phi) is 4.36. The van der Waals surface area contributed by atoms with E-state index >= 15 is 0 Å². The molecule has 0 fully saturated rings. The van der Waals surface area contributed by atoms with E-state index in [1.807, 2.05) is 6.07 Å². The van der Waals surface area contributed by atoms with Crippen LogP contribution < -0.4 is 9.47 Å². The number of alkyl halides is 1. The van der Waals surface area contributed by atoms with Gasteiger partial charge in [-0.1, -0.05) is 6.07 Å². The Morgan fingerprint density at radius 3 is 2.83 bits per heavy atom. The number of rotatable bonds is 3. The number of Topliss-reactive ketones (excluding diaryl/α,β-unsaturated/α-hetero) is 1. The van der Waals surface area contributed by atoms with Crippen LogP contribution >= 0.6 is 11.6 Å². The van der Waals surface area contributed by atoms with Gasteiger partial charge in [-0.25, -0.2) is 0 Å². The van der Waals surface area contributed by atoms with E-state index < -0.39 is 11.3 Å². The van der Waals surface area contributed by atoms with Crippen LogP contribution in [0, 0.1) is 6.92 Å². The van der Waals surface area contributed by atoms with Crippen molar-refractivity contribution >= 4 is 29.4 Å². The highest BCUT2D eigenvalue weighted by molar-refractivity contribution is 6.29. The van der Waals surface area contributed by atoms with Crippen LogP contribution in [-0.4, -0.2) is 22.1 Å². The van der Waals surface area contributed by atoms with E-state index in [0.29, 0.717) is 22.6 Å². The SMILES string of the molecule is Cc1cc(OC(=O)C(C)Cl)cc2c1C(=O)/C(=C/c1ccccn1)O2. The molecule has 0 N–H and O–H groups in total. The number of ether oxygens (including phenoxy) is 2. The molecule has 1 atom stereocenters. The lowest BCUT2D eigenvalue weighted by atomic mass is 10.0. The maximum atomic E-state index is 12.5. The standard InChI is InChI=1S/C18H14ClNO4/c1-10-7-13(23-18(22)11(2)19)9-14-16(10)17(21)15(24-14)8-12-5-3-4-6-20-12/h3-9,11H,1-2H3/b15-8-. The van der Waals surface area contributed by atoms with Crippen LogP contribution in [0.5, 0.6) is 11.5 Å². The minimum atomic E-state index is -0.763. The van der Waals surface area contributed by atoms with Gasteiger partial charge in [0.2, 0.25) is 5.78 Å². The van der Waals surface area contributed by atoms with Crippen LogP contribution in [0.1, 0.15) is 28.5 Å². The zero-order valence-electron chi connectivity index (χ0n) is 13.1. The van der Waals surface area contributed by atoms with E-state index in [9.17, 15) is 9.59 Å². The highest BCUT2D eigenvalue weighted by Gasteiger charge is 2.30. The summed E-state index contributed by atoms with van der Waals surface area (Å²) < 4.78 is 10.8. The Morgan fingerprint density at radius 2 is 2.17 bits per heavy atom. The van der Waals surface area contributed by atoms with Crippen molar-refractivity contribution in [2.45, 2.75) is 19.2 Å². The van der Waals surface area contributed by atoms with Gasteiger partial charge < -0.3 is 9.47 Å². The molecule has 1 aromatic heterocycles. The summed E-state index contributed by atoms with van der Waals surface area (Å²) >= 11 is 5.70. The predicted molar refractivity (Wildman–Crippen MR) is 89.3 cm³/mol. The van der Waals surface area contributed by atoms with Crippen molar-refractivity contribution in [2.75, 3.05) is 0 Å². The minimum Gasteiger partial charge on any atom is -0.452 e. The second kappa shape index (κ2) is 6.45. The van der Waals surface area contributed by atoms with Gasteiger partial charge in [-0.2, -0.15) is 0 Å². The largest absolute Gasteiger partial charge is 0.452 e. The molecule has 0 saturated carbocycles. The normalized spacial score (nSPS) is 15.8. The van der Waals surface area contributed by atoms with E-state index in [2.05, 4.69) is 4.98 Å². The molecular weight excluding hydrogens is 330 g/mol. The monoisotopic (exact) mass is 343 g/mol. The van der Waals surface area contributed by atoms with Gasteiger partial charge in [-0.05, 0) is 37.6 Å². The number of hydrogen-bond donors (Lipinski definition) is 0. The smallest absolute Gasteiger partial charge is 0.329 e. The first kappa shape index (κ1) is 16.2. The van der Waals surface area contributed by atoms with Crippen LogP contribution in [0.3, 0.4) is 0 Å². The van der Waals surface area contributed by atoms with Crippen LogP contribution in [0.4, 0.5) is 0 Å². The van der Waals surface area contributed by atoms with Gasteiger partial charge in [0, 0.05) is 18.3 Å². The predicted octanol–water partition coefficient (Wildman–Crippen LogP) is 3.54. The average Bonchev–Trinajstić information content (AvgIpc) is 2.84. The number of pyridine rings is 1. The quantitative estimate of drug-likeness (QED) is 0.369. The third-order valence-corrected chi connectivity index (χ3v) is 3.63. The van der Waals surface area contributed by atoms with Gasteiger partial charge in [0.1, 0.15) is 16.9 Å². The lowest BCUT2D eigenvalue weighted by Gasteiger charge is -2.08. The minimum absolute atomic E-state index is 0.181. The van der Waals surface area contributed by atoms with Crippen molar-refractivity contribution in [3.05, 3.63) is 59.1 Å². The molecule has 0 bridgehead atoms. The van der Waals surface area contributed by atoms with Gasteiger partial charge in [-0.3, -0.25) is 14.6 Å².